The predicted molar refractivity (Wildman–Crippen MR) is 101 cm³/mol. The number of benzene rings is 2. The molecule has 0 aromatic heterocycles. The van der Waals surface area contributed by atoms with Crippen molar-refractivity contribution < 1.29 is 14.7 Å². The summed E-state index contributed by atoms with van der Waals surface area (Å²) in [4.78, 5) is 24.0. The van der Waals surface area contributed by atoms with E-state index in [2.05, 4.69) is 10.6 Å². The SMILES string of the molecule is CC(O)(CCc1ccccc1)C(=O)NCCC(=O)NCc1ccccc1. The monoisotopic (exact) mass is 354 g/mol. The highest BCUT2D eigenvalue weighted by atomic mass is 16.3. The smallest absolute Gasteiger partial charge is 0.251 e. The van der Waals surface area contributed by atoms with Crippen LogP contribution in [-0.2, 0) is 22.6 Å². The number of hydrogen-bond acceptors (Lipinski definition) is 3. The number of carbonyl (C=O) groups excluding carboxylic acids is 2. The lowest BCUT2D eigenvalue weighted by Gasteiger charge is -2.22. The first-order valence-corrected chi connectivity index (χ1v) is 8.82. The van der Waals surface area contributed by atoms with E-state index in [-0.39, 0.29) is 18.9 Å². The van der Waals surface area contributed by atoms with Gasteiger partial charge in [0.25, 0.3) is 5.91 Å². The first kappa shape index (κ1) is 19.7. The summed E-state index contributed by atoms with van der Waals surface area (Å²) in [5.74, 6) is -0.595. The highest BCUT2D eigenvalue weighted by molar-refractivity contribution is 5.85. The maximum atomic E-state index is 12.2. The lowest BCUT2D eigenvalue weighted by atomic mass is 9.96. The van der Waals surface area contributed by atoms with Gasteiger partial charge in [-0.25, -0.2) is 0 Å². The van der Waals surface area contributed by atoms with Gasteiger partial charge in [-0.05, 0) is 30.9 Å². The zero-order valence-corrected chi connectivity index (χ0v) is 15.1. The molecule has 5 heteroatoms. The molecule has 138 valence electrons. The third-order valence-corrected chi connectivity index (χ3v) is 4.20. The number of nitrogens with one attached hydrogen (secondary N) is 2. The largest absolute Gasteiger partial charge is 0.380 e. The molecule has 0 saturated carbocycles. The van der Waals surface area contributed by atoms with Gasteiger partial charge >= 0.3 is 0 Å². The maximum Gasteiger partial charge on any atom is 0.251 e. The van der Waals surface area contributed by atoms with E-state index in [1.54, 1.807) is 0 Å². The Morgan fingerprint density at radius 2 is 1.50 bits per heavy atom. The van der Waals surface area contributed by atoms with Gasteiger partial charge < -0.3 is 15.7 Å². The van der Waals surface area contributed by atoms with Crippen LogP contribution in [0.15, 0.2) is 60.7 Å². The van der Waals surface area contributed by atoms with Crippen LogP contribution in [0.2, 0.25) is 0 Å². The summed E-state index contributed by atoms with van der Waals surface area (Å²) in [6, 6.07) is 19.3. The molecule has 0 aliphatic heterocycles. The maximum absolute atomic E-state index is 12.2. The quantitative estimate of drug-likeness (QED) is 0.646. The second kappa shape index (κ2) is 9.73. The molecule has 1 unspecified atom stereocenters. The highest BCUT2D eigenvalue weighted by Gasteiger charge is 2.29. The molecule has 0 aliphatic rings. The van der Waals surface area contributed by atoms with Gasteiger partial charge in [0.05, 0.1) is 0 Å². The van der Waals surface area contributed by atoms with E-state index in [4.69, 9.17) is 0 Å². The molecular formula is C21H26N2O3. The fraction of sp³-hybridized carbons (Fsp3) is 0.333. The number of aliphatic hydroxyl groups is 1. The molecule has 2 rings (SSSR count). The number of hydrogen-bond donors (Lipinski definition) is 3. The summed E-state index contributed by atoms with van der Waals surface area (Å²) in [5.41, 5.74) is 0.630. The van der Waals surface area contributed by atoms with Crippen molar-refractivity contribution in [3.63, 3.8) is 0 Å². The zero-order valence-electron chi connectivity index (χ0n) is 15.1. The van der Waals surface area contributed by atoms with Crippen molar-refractivity contribution in [2.45, 2.75) is 38.3 Å². The minimum absolute atomic E-state index is 0.141. The van der Waals surface area contributed by atoms with Gasteiger partial charge in [0, 0.05) is 19.5 Å². The summed E-state index contributed by atoms with van der Waals surface area (Å²) < 4.78 is 0. The van der Waals surface area contributed by atoms with Crippen LogP contribution >= 0.6 is 0 Å². The first-order valence-electron chi connectivity index (χ1n) is 8.82. The average molecular weight is 354 g/mol. The molecule has 5 nitrogen and oxygen atoms in total. The van der Waals surface area contributed by atoms with Crippen LogP contribution in [0.4, 0.5) is 0 Å². The first-order chi connectivity index (χ1) is 12.5. The average Bonchev–Trinajstić information content (AvgIpc) is 2.66. The molecule has 0 bridgehead atoms. The van der Waals surface area contributed by atoms with Crippen molar-refractivity contribution in [1.82, 2.24) is 10.6 Å². The second-order valence-electron chi connectivity index (χ2n) is 6.53. The van der Waals surface area contributed by atoms with E-state index in [1.807, 2.05) is 60.7 Å². The zero-order chi connectivity index (χ0) is 18.8. The topological polar surface area (TPSA) is 78.4 Å². The third-order valence-electron chi connectivity index (χ3n) is 4.20. The summed E-state index contributed by atoms with van der Waals surface area (Å²) in [7, 11) is 0. The van der Waals surface area contributed by atoms with Crippen molar-refractivity contribution in [1.29, 1.82) is 0 Å². The Morgan fingerprint density at radius 3 is 2.12 bits per heavy atom. The molecule has 2 aromatic rings. The second-order valence-corrected chi connectivity index (χ2v) is 6.53. The molecule has 0 spiro atoms. The van der Waals surface area contributed by atoms with Gasteiger partial charge in [0.15, 0.2) is 0 Å². The molecule has 0 heterocycles. The van der Waals surface area contributed by atoms with Crippen LogP contribution in [0.5, 0.6) is 0 Å². The van der Waals surface area contributed by atoms with Crippen molar-refractivity contribution in [2.24, 2.45) is 0 Å². The molecule has 0 saturated heterocycles. The predicted octanol–water partition coefficient (Wildman–Crippen LogP) is 2.19. The summed E-state index contributed by atoms with van der Waals surface area (Å²) in [6.07, 6.45) is 1.11. The van der Waals surface area contributed by atoms with Crippen LogP contribution in [-0.4, -0.2) is 29.1 Å². The fourth-order valence-electron chi connectivity index (χ4n) is 2.51. The lowest BCUT2D eigenvalue weighted by Crippen LogP contribution is -2.45. The summed E-state index contributed by atoms with van der Waals surface area (Å²) >= 11 is 0. The Morgan fingerprint density at radius 1 is 0.923 bits per heavy atom. The van der Waals surface area contributed by atoms with E-state index >= 15 is 0 Å². The number of aryl methyl sites for hydroxylation is 1. The van der Waals surface area contributed by atoms with Crippen molar-refractivity contribution in [2.75, 3.05) is 6.54 Å². The van der Waals surface area contributed by atoms with Gasteiger partial charge in [-0.3, -0.25) is 9.59 Å². The van der Waals surface area contributed by atoms with E-state index in [9.17, 15) is 14.7 Å². The van der Waals surface area contributed by atoms with Crippen molar-refractivity contribution in [3.8, 4) is 0 Å². The fourth-order valence-corrected chi connectivity index (χ4v) is 2.51. The lowest BCUT2D eigenvalue weighted by molar-refractivity contribution is -0.138. The number of amides is 2. The van der Waals surface area contributed by atoms with E-state index in [0.717, 1.165) is 11.1 Å². The van der Waals surface area contributed by atoms with Crippen molar-refractivity contribution >= 4 is 11.8 Å². The number of carbonyl (C=O) groups is 2. The van der Waals surface area contributed by atoms with Gasteiger partial charge in [0.1, 0.15) is 5.60 Å². The Hall–Kier alpha value is -2.66. The van der Waals surface area contributed by atoms with Gasteiger partial charge in [-0.15, -0.1) is 0 Å². The van der Waals surface area contributed by atoms with Crippen LogP contribution in [0.1, 0.15) is 30.9 Å². The summed E-state index contributed by atoms with van der Waals surface area (Å²) in [5, 5.41) is 15.8. The standard InChI is InChI=1S/C21H26N2O3/c1-21(26,14-12-17-8-4-2-5-9-17)20(25)22-15-13-19(24)23-16-18-10-6-3-7-11-18/h2-11,26H,12-16H2,1H3,(H,22,25)(H,23,24). The molecular weight excluding hydrogens is 328 g/mol. The Labute approximate surface area is 154 Å². The van der Waals surface area contributed by atoms with Crippen LogP contribution in [0.3, 0.4) is 0 Å². The minimum Gasteiger partial charge on any atom is -0.380 e. The molecule has 2 amide bonds. The molecule has 0 radical (unpaired) electrons. The van der Waals surface area contributed by atoms with E-state index in [0.29, 0.717) is 19.4 Å². The van der Waals surface area contributed by atoms with Crippen molar-refractivity contribution in [3.05, 3.63) is 71.8 Å². The molecule has 2 aromatic carbocycles. The number of rotatable bonds is 9. The third kappa shape index (κ3) is 6.69. The normalized spacial score (nSPS) is 12.8. The van der Waals surface area contributed by atoms with Crippen LogP contribution in [0.25, 0.3) is 0 Å². The van der Waals surface area contributed by atoms with Gasteiger partial charge in [-0.2, -0.15) is 0 Å². The molecule has 0 aliphatic carbocycles. The van der Waals surface area contributed by atoms with E-state index < -0.39 is 11.5 Å². The van der Waals surface area contributed by atoms with Gasteiger partial charge in [0.2, 0.25) is 5.91 Å². The summed E-state index contributed by atoms with van der Waals surface area (Å²) in [6.45, 7) is 2.16. The van der Waals surface area contributed by atoms with Crippen LogP contribution in [0, 0.1) is 0 Å². The molecule has 0 fully saturated rings. The van der Waals surface area contributed by atoms with Crippen LogP contribution < -0.4 is 10.6 Å². The van der Waals surface area contributed by atoms with E-state index in [1.165, 1.54) is 6.92 Å². The minimum atomic E-state index is -1.46. The molecule has 26 heavy (non-hydrogen) atoms. The molecule has 3 N–H and O–H groups in total. The molecule has 1 atom stereocenters. The Bertz CT molecular complexity index is 700. The Balaban J connectivity index is 1.67. The highest BCUT2D eigenvalue weighted by Crippen LogP contribution is 2.14. The van der Waals surface area contributed by atoms with Gasteiger partial charge in [-0.1, -0.05) is 60.7 Å². The Kier molecular flexibility index (Phi) is 7.36.